The number of carbonyl (C=O) groups is 2. The first-order chi connectivity index (χ1) is 9.20. The van der Waals surface area contributed by atoms with Crippen LogP contribution in [0.2, 0.25) is 0 Å². The van der Waals surface area contributed by atoms with E-state index in [9.17, 15) is 18.0 Å². The third-order valence-electron chi connectivity index (χ3n) is 3.06. The van der Waals surface area contributed by atoms with Gasteiger partial charge in [-0.3, -0.25) is 14.5 Å². The molecule has 0 aliphatic carbocycles. The van der Waals surface area contributed by atoms with E-state index in [-0.39, 0.29) is 11.3 Å². The van der Waals surface area contributed by atoms with Gasteiger partial charge in [-0.1, -0.05) is 0 Å². The molecule has 1 aromatic carbocycles. The second kappa shape index (κ2) is 4.88. The van der Waals surface area contributed by atoms with E-state index in [1.165, 1.54) is 19.2 Å². The minimum Gasteiger partial charge on any atom is -0.399 e. The molecule has 2 amide bonds. The Morgan fingerprint density at radius 3 is 2.45 bits per heavy atom. The summed E-state index contributed by atoms with van der Waals surface area (Å²) in [6, 6.07) is 3.33. The van der Waals surface area contributed by atoms with Crippen LogP contribution >= 0.6 is 0 Å². The molecular formula is C12H15N3O4S. The van der Waals surface area contributed by atoms with Gasteiger partial charge in [-0.05, 0) is 30.7 Å². The number of likely N-dealkylation sites (N-methyl/N-ethyl adjacent to an activating group) is 1. The number of likely N-dealkylation sites (tertiary alicyclic amines) is 1. The molecule has 0 aromatic heterocycles. The van der Waals surface area contributed by atoms with Gasteiger partial charge in [0, 0.05) is 12.7 Å². The van der Waals surface area contributed by atoms with E-state index in [4.69, 9.17) is 5.73 Å². The molecule has 20 heavy (non-hydrogen) atoms. The maximum Gasteiger partial charge on any atom is 0.247 e. The minimum atomic E-state index is -3.90. The highest BCUT2D eigenvalue weighted by atomic mass is 32.2. The molecule has 1 unspecified atom stereocenters. The lowest BCUT2D eigenvalue weighted by Crippen LogP contribution is -2.40. The summed E-state index contributed by atoms with van der Waals surface area (Å²) in [5.41, 5.74) is 6.62. The van der Waals surface area contributed by atoms with Crippen molar-refractivity contribution in [1.29, 1.82) is 0 Å². The van der Waals surface area contributed by atoms with Crippen LogP contribution in [0.5, 0.6) is 0 Å². The SMILES string of the molecule is Cc1cc(N)cc(S(=O)(=O)NC2CC(=O)N(C)C2=O)c1. The highest BCUT2D eigenvalue weighted by Gasteiger charge is 2.38. The Kier molecular flexibility index (Phi) is 3.53. The summed E-state index contributed by atoms with van der Waals surface area (Å²) in [5.74, 6) is -0.967. The summed E-state index contributed by atoms with van der Waals surface area (Å²) in [4.78, 5) is 24.0. The number of aryl methyl sites for hydroxylation is 1. The van der Waals surface area contributed by atoms with Gasteiger partial charge < -0.3 is 5.73 Å². The lowest BCUT2D eigenvalue weighted by molar-refractivity contribution is -0.137. The summed E-state index contributed by atoms with van der Waals surface area (Å²) in [6.45, 7) is 1.72. The molecular weight excluding hydrogens is 282 g/mol. The second-order valence-electron chi connectivity index (χ2n) is 4.75. The van der Waals surface area contributed by atoms with E-state index in [1.54, 1.807) is 13.0 Å². The molecule has 1 aromatic rings. The number of nitrogens with one attached hydrogen (secondary N) is 1. The average Bonchev–Trinajstić information content (AvgIpc) is 2.55. The largest absolute Gasteiger partial charge is 0.399 e. The number of sulfonamides is 1. The number of carbonyl (C=O) groups excluding carboxylic acids is 2. The van der Waals surface area contributed by atoms with Gasteiger partial charge in [-0.25, -0.2) is 8.42 Å². The van der Waals surface area contributed by atoms with Crippen LogP contribution in [0.25, 0.3) is 0 Å². The molecule has 7 nitrogen and oxygen atoms in total. The van der Waals surface area contributed by atoms with Gasteiger partial charge in [0.25, 0.3) is 0 Å². The Balaban J connectivity index is 2.28. The van der Waals surface area contributed by atoms with Crippen LogP contribution in [-0.2, 0) is 19.6 Å². The molecule has 0 bridgehead atoms. The normalized spacial score (nSPS) is 19.7. The van der Waals surface area contributed by atoms with Crippen molar-refractivity contribution >= 4 is 27.5 Å². The third-order valence-corrected chi connectivity index (χ3v) is 4.51. The molecule has 1 atom stereocenters. The molecule has 108 valence electrons. The van der Waals surface area contributed by atoms with Crippen molar-refractivity contribution in [2.75, 3.05) is 12.8 Å². The number of anilines is 1. The quantitative estimate of drug-likeness (QED) is 0.583. The number of nitrogens with zero attached hydrogens (tertiary/aromatic N) is 1. The summed E-state index contributed by atoms with van der Waals surface area (Å²) in [7, 11) is -2.58. The average molecular weight is 297 g/mol. The van der Waals surface area contributed by atoms with Crippen molar-refractivity contribution in [3.05, 3.63) is 23.8 Å². The van der Waals surface area contributed by atoms with E-state index in [0.29, 0.717) is 11.3 Å². The Labute approximate surface area is 116 Å². The Morgan fingerprint density at radius 1 is 1.30 bits per heavy atom. The van der Waals surface area contributed by atoms with E-state index >= 15 is 0 Å². The molecule has 1 heterocycles. The summed E-state index contributed by atoms with van der Waals surface area (Å²) < 4.78 is 26.6. The first-order valence-electron chi connectivity index (χ1n) is 5.90. The molecule has 3 N–H and O–H groups in total. The topological polar surface area (TPSA) is 110 Å². The molecule has 8 heteroatoms. The first-order valence-corrected chi connectivity index (χ1v) is 7.39. The smallest absolute Gasteiger partial charge is 0.247 e. The second-order valence-corrected chi connectivity index (χ2v) is 6.46. The van der Waals surface area contributed by atoms with Crippen molar-refractivity contribution in [1.82, 2.24) is 9.62 Å². The molecule has 2 rings (SSSR count). The summed E-state index contributed by atoms with van der Waals surface area (Å²) >= 11 is 0. The maximum atomic E-state index is 12.2. The van der Waals surface area contributed by atoms with Crippen molar-refractivity contribution < 1.29 is 18.0 Å². The number of rotatable bonds is 3. The van der Waals surface area contributed by atoms with Gasteiger partial charge in [0.15, 0.2) is 0 Å². The van der Waals surface area contributed by atoms with Crippen molar-refractivity contribution in [3.63, 3.8) is 0 Å². The van der Waals surface area contributed by atoms with Gasteiger partial charge in [0.05, 0.1) is 11.3 Å². The van der Waals surface area contributed by atoms with Crippen LogP contribution in [0.15, 0.2) is 23.1 Å². The van der Waals surface area contributed by atoms with Gasteiger partial charge in [0.1, 0.15) is 6.04 Å². The Morgan fingerprint density at radius 2 is 1.95 bits per heavy atom. The van der Waals surface area contributed by atoms with Crippen molar-refractivity contribution in [2.45, 2.75) is 24.3 Å². The first kappa shape index (κ1) is 14.5. The monoisotopic (exact) mass is 297 g/mol. The number of nitrogen functional groups attached to an aromatic ring is 1. The van der Waals surface area contributed by atoms with Crippen LogP contribution in [-0.4, -0.2) is 38.2 Å². The van der Waals surface area contributed by atoms with Gasteiger partial charge >= 0.3 is 0 Å². The molecule has 1 aliphatic heterocycles. The summed E-state index contributed by atoms with van der Waals surface area (Å²) in [5, 5.41) is 0. The number of hydrogen-bond donors (Lipinski definition) is 2. The maximum absolute atomic E-state index is 12.2. The number of imide groups is 1. The lowest BCUT2D eigenvalue weighted by atomic mass is 10.2. The van der Waals surface area contributed by atoms with Crippen LogP contribution in [0.3, 0.4) is 0 Å². The molecule has 0 radical (unpaired) electrons. The summed E-state index contributed by atoms with van der Waals surface area (Å²) in [6.07, 6.45) is -0.171. The Bertz CT molecular complexity index is 664. The van der Waals surface area contributed by atoms with Crippen molar-refractivity contribution in [2.24, 2.45) is 0 Å². The van der Waals surface area contributed by atoms with E-state index < -0.39 is 27.9 Å². The van der Waals surface area contributed by atoms with Crippen LogP contribution in [0, 0.1) is 6.92 Å². The van der Waals surface area contributed by atoms with E-state index in [0.717, 1.165) is 4.90 Å². The lowest BCUT2D eigenvalue weighted by Gasteiger charge is -2.12. The zero-order chi connectivity index (χ0) is 15.1. The van der Waals surface area contributed by atoms with E-state index in [2.05, 4.69) is 4.72 Å². The predicted molar refractivity (Wildman–Crippen MR) is 72.1 cm³/mol. The molecule has 0 saturated carbocycles. The third kappa shape index (κ3) is 2.66. The van der Waals surface area contributed by atoms with Gasteiger partial charge in [0.2, 0.25) is 21.8 Å². The zero-order valence-electron chi connectivity index (χ0n) is 11.1. The molecule has 1 saturated heterocycles. The number of hydrogen-bond acceptors (Lipinski definition) is 5. The predicted octanol–water partition coefficient (Wildman–Crippen LogP) is -0.387. The van der Waals surface area contributed by atoms with Crippen LogP contribution < -0.4 is 10.5 Å². The van der Waals surface area contributed by atoms with E-state index in [1.807, 2.05) is 0 Å². The highest BCUT2D eigenvalue weighted by Crippen LogP contribution is 2.19. The minimum absolute atomic E-state index is 0.0233. The fourth-order valence-electron chi connectivity index (χ4n) is 2.03. The number of nitrogens with two attached hydrogens (primary N) is 1. The molecule has 0 spiro atoms. The van der Waals surface area contributed by atoms with Crippen LogP contribution in [0.4, 0.5) is 5.69 Å². The molecule has 1 aliphatic rings. The highest BCUT2D eigenvalue weighted by molar-refractivity contribution is 7.89. The standard InChI is InChI=1S/C12H15N3O4S/c1-7-3-8(13)5-9(4-7)20(18,19)14-10-6-11(16)15(2)12(10)17/h3-5,10,14H,6,13H2,1-2H3. The zero-order valence-corrected chi connectivity index (χ0v) is 11.9. The fraction of sp³-hybridized carbons (Fsp3) is 0.333. The van der Waals surface area contributed by atoms with Gasteiger partial charge in [-0.15, -0.1) is 0 Å². The molecule has 1 fully saturated rings. The fourth-order valence-corrected chi connectivity index (χ4v) is 3.36. The Hall–Kier alpha value is -1.93. The number of amides is 2. The number of benzene rings is 1. The van der Waals surface area contributed by atoms with Crippen LogP contribution in [0.1, 0.15) is 12.0 Å². The van der Waals surface area contributed by atoms with Gasteiger partial charge in [-0.2, -0.15) is 4.72 Å². The van der Waals surface area contributed by atoms with Crippen molar-refractivity contribution in [3.8, 4) is 0 Å².